The fourth-order valence-electron chi connectivity index (χ4n) is 2.15. The van der Waals surface area contributed by atoms with Crippen molar-refractivity contribution in [3.05, 3.63) is 76.3 Å². The molecule has 3 rings (SSSR count). The lowest BCUT2D eigenvalue weighted by atomic mass is 10.1. The molecule has 0 bridgehead atoms. The molecule has 4 heteroatoms. The second kappa shape index (κ2) is 6.08. The molecule has 0 saturated heterocycles. The fourth-order valence-corrected chi connectivity index (χ4v) is 2.34. The first-order valence-electron chi connectivity index (χ1n) is 6.72. The number of benzene rings is 2. The number of halogens is 1. The molecule has 1 heterocycles. The Morgan fingerprint density at radius 1 is 1.09 bits per heavy atom. The van der Waals surface area contributed by atoms with Gasteiger partial charge in [0.25, 0.3) is 0 Å². The van der Waals surface area contributed by atoms with E-state index < -0.39 is 0 Å². The SMILES string of the molecule is COc1ccc(C2=C/C(=C\c3ccccc3Cl)C(=O)O2)cc1. The Balaban J connectivity index is 1.92. The molecule has 0 atom stereocenters. The highest BCUT2D eigenvalue weighted by molar-refractivity contribution is 6.32. The van der Waals surface area contributed by atoms with Crippen molar-refractivity contribution < 1.29 is 14.3 Å². The Hall–Kier alpha value is -2.52. The van der Waals surface area contributed by atoms with E-state index in [2.05, 4.69) is 0 Å². The van der Waals surface area contributed by atoms with Gasteiger partial charge in [-0.1, -0.05) is 29.8 Å². The van der Waals surface area contributed by atoms with Crippen molar-refractivity contribution in [2.45, 2.75) is 0 Å². The Labute approximate surface area is 133 Å². The number of hydrogen-bond donors (Lipinski definition) is 0. The third-order valence-electron chi connectivity index (χ3n) is 3.32. The summed E-state index contributed by atoms with van der Waals surface area (Å²) in [4.78, 5) is 12.0. The highest BCUT2D eigenvalue weighted by Gasteiger charge is 2.22. The van der Waals surface area contributed by atoms with Gasteiger partial charge in [0.15, 0.2) is 0 Å². The monoisotopic (exact) mass is 312 g/mol. The van der Waals surface area contributed by atoms with Crippen LogP contribution in [0.4, 0.5) is 0 Å². The first-order valence-corrected chi connectivity index (χ1v) is 7.10. The van der Waals surface area contributed by atoms with Crippen molar-refractivity contribution in [2.24, 2.45) is 0 Å². The molecule has 110 valence electrons. The van der Waals surface area contributed by atoms with E-state index in [-0.39, 0.29) is 5.97 Å². The maximum absolute atomic E-state index is 12.0. The summed E-state index contributed by atoms with van der Waals surface area (Å²) in [5.41, 5.74) is 2.07. The van der Waals surface area contributed by atoms with E-state index in [4.69, 9.17) is 21.1 Å². The van der Waals surface area contributed by atoms with Crippen LogP contribution in [-0.2, 0) is 9.53 Å². The van der Waals surface area contributed by atoms with Crippen LogP contribution in [0.25, 0.3) is 11.8 Å². The van der Waals surface area contributed by atoms with Crippen LogP contribution in [0.1, 0.15) is 11.1 Å². The minimum atomic E-state index is -0.384. The van der Waals surface area contributed by atoms with Gasteiger partial charge in [0.05, 0.1) is 12.7 Å². The molecule has 0 fully saturated rings. The molecule has 0 amide bonds. The quantitative estimate of drug-likeness (QED) is 0.625. The average Bonchev–Trinajstić information content (AvgIpc) is 2.91. The molecule has 2 aromatic rings. The predicted octanol–water partition coefficient (Wildman–Crippen LogP) is 4.33. The summed E-state index contributed by atoms with van der Waals surface area (Å²) >= 11 is 6.11. The van der Waals surface area contributed by atoms with E-state index in [1.54, 1.807) is 25.3 Å². The first kappa shape index (κ1) is 14.4. The highest BCUT2D eigenvalue weighted by atomic mass is 35.5. The zero-order valence-corrected chi connectivity index (χ0v) is 12.6. The van der Waals surface area contributed by atoms with Crippen molar-refractivity contribution in [3.8, 4) is 5.75 Å². The molecule has 0 aliphatic carbocycles. The van der Waals surface area contributed by atoms with Crippen molar-refractivity contribution in [1.82, 2.24) is 0 Å². The van der Waals surface area contributed by atoms with E-state index in [0.717, 1.165) is 16.9 Å². The van der Waals surface area contributed by atoms with Crippen molar-refractivity contribution in [3.63, 3.8) is 0 Å². The molecule has 22 heavy (non-hydrogen) atoms. The second-order valence-electron chi connectivity index (χ2n) is 4.75. The van der Waals surface area contributed by atoms with E-state index >= 15 is 0 Å². The number of carbonyl (C=O) groups is 1. The van der Waals surface area contributed by atoms with E-state index in [9.17, 15) is 4.79 Å². The Morgan fingerprint density at radius 3 is 2.50 bits per heavy atom. The molecule has 1 aliphatic heterocycles. The molecule has 0 aromatic heterocycles. The summed E-state index contributed by atoms with van der Waals surface area (Å²) in [5.74, 6) is 0.886. The van der Waals surface area contributed by atoms with Gasteiger partial charge in [0.1, 0.15) is 11.5 Å². The van der Waals surface area contributed by atoms with Gasteiger partial charge in [0, 0.05) is 10.6 Å². The Kier molecular flexibility index (Phi) is 3.98. The smallest absolute Gasteiger partial charge is 0.343 e. The summed E-state index contributed by atoms with van der Waals surface area (Å²) in [6.07, 6.45) is 3.44. The second-order valence-corrected chi connectivity index (χ2v) is 5.16. The normalized spacial score (nSPS) is 15.6. The number of esters is 1. The van der Waals surface area contributed by atoms with Crippen molar-refractivity contribution in [2.75, 3.05) is 7.11 Å². The van der Waals surface area contributed by atoms with Gasteiger partial charge < -0.3 is 9.47 Å². The number of carbonyl (C=O) groups excluding carboxylic acids is 1. The van der Waals surface area contributed by atoms with Crippen molar-refractivity contribution in [1.29, 1.82) is 0 Å². The van der Waals surface area contributed by atoms with Crippen LogP contribution in [0.2, 0.25) is 5.02 Å². The lowest BCUT2D eigenvalue weighted by Gasteiger charge is -2.03. The van der Waals surface area contributed by atoms with E-state index in [1.165, 1.54) is 0 Å². The largest absolute Gasteiger partial charge is 0.497 e. The number of methoxy groups -OCH3 is 1. The Bertz CT molecular complexity index is 773. The average molecular weight is 313 g/mol. The predicted molar refractivity (Wildman–Crippen MR) is 86.5 cm³/mol. The van der Waals surface area contributed by atoms with E-state index in [1.807, 2.05) is 42.5 Å². The summed E-state index contributed by atoms with van der Waals surface area (Å²) < 4.78 is 10.4. The fraction of sp³-hybridized carbons (Fsp3) is 0.0556. The summed E-state index contributed by atoms with van der Waals surface area (Å²) in [7, 11) is 1.61. The molecule has 0 spiro atoms. The highest BCUT2D eigenvalue weighted by Crippen LogP contribution is 2.29. The van der Waals surface area contributed by atoms with Crippen molar-refractivity contribution >= 4 is 29.4 Å². The lowest BCUT2D eigenvalue weighted by Crippen LogP contribution is -1.97. The molecule has 0 unspecified atom stereocenters. The van der Waals surface area contributed by atoms with Gasteiger partial charge in [-0.15, -0.1) is 0 Å². The third kappa shape index (κ3) is 2.90. The maximum Gasteiger partial charge on any atom is 0.343 e. The van der Waals surface area contributed by atoms with Gasteiger partial charge in [-0.3, -0.25) is 0 Å². The van der Waals surface area contributed by atoms with Crippen LogP contribution in [-0.4, -0.2) is 13.1 Å². The summed E-state index contributed by atoms with van der Waals surface area (Å²) in [6.45, 7) is 0. The van der Waals surface area contributed by atoms with E-state index in [0.29, 0.717) is 16.4 Å². The molecule has 3 nitrogen and oxygen atoms in total. The van der Waals surface area contributed by atoms with Crippen LogP contribution in [0.3, 0.4) is 0 Å². The lowest BCUT2D eigenvalue weighted by molar-refractivity contribution is -0.130. The first-order chi connectivity index (χ1) is 10.7. The molecular formula is C18H13ClO3. The van der Waals surface area contributed by atoms with Crippen LogP contribution in [0.15, 0.2) is 60.2 Å². The molecule has 0 radical (unpaired) electrons. The number of rotatable bonds is 3. The van der Waals surface area contributed by atoms with Gasteiger partial charge in [-0.25, -0.2) is 4.79 Å². The van der Waals surface area contributed by atoms with Crippen LogP contribution in [0.5, 0.6) is 5.75 Å². The molecular weight excluding hydrogens is 300 g/mol. The van der Waals surface area contributed by atoms with Gasteiger partial charge >= 0.3 is 5.97 Å². The minimum absolute atomic E-state index is 0.384. The number of ether oxygens (including phenoxy) is 2. The molecule has 1 aliphatic rings. The summed E-state index contributed by atoms with van der Waals surface area (Å²) in [6, 6.07) is 14.7. The minimum Gasteiger partial charge on any atom is -0.497 e. The van der Waals surface area contributed by atoms with Crippen LogP contribution in [0, 0.1) is 0 Å². The molecule has 2 aromatic carbocycles. The number of cyclic esters (lactones) is 1. The third-order valence-corrected chi connectivity index (χ3v) is 3.66. The topological polar surface area (TPSA) is 35.5 Å². The molecule has 0 saturated carbocycles. The number of hydrogen-bond acceptors (Lipinski definition) is 3. The van der Waals surface area contributed by atoms with Gasteiger partial charge in [-0.2, -0.15) is 0 Å². The summed E-state index contributed by atoms with van der Waals surface area (Å²) in [5, 5.41) is 0.592. The maximum atomic E-state index is 12.0. The van der Waals surface area contributed by atoms with Crippen LogP contribution < -0.4 is 4.74 Å². The standard InChI is InChI=1S/C18H13ClO3/c1-21-15-8-6-12(7-9-15)17-11-14(18(20)22-17)10-13-4-2-3-5-16(13)19/h2-11H,1H3/b14-10+. The zero-order valence-electron chi connectivity index (χ0n) is 11.9. The van der Waals surface area contributed by atoms with Crippen LogP contribution >= 0.6 is 11.6 Å². The van der Waals surface area contributed by atoms with Gasteiger partial charge in [0.2, 0.25) is 0 Å². The Morgan fingerprint density at radius 2 is 1.82 bits per heavy atom. The molecule has 0 N–H and O–H groups in total. The van der Waals surface area contributed by atoms with Gasteiger partial charge in [-0.05, 0) is 48.0 Å². The zero-order chi connectivity index (χ0) is 15.5.